The first-order chi connectivity index (χ1) is 16.5. The third-order valence-electron chi connectivity index (χ3n) is 6.40. The number of carboxylic acids is 1. The minimum atomic E-state index is -0.991. The van der Waals surface area contributed by atoms with Crippen LogP contribution in [-0.4, -0.2) is 41.8 Å². The molecule has 7 nitrogen and oxygen atoms in total. The molecule has 0 spiro atoms. The van der Waals surface area contributed by atoms with E-state index in [1.165, 1.54) is 0 Å². The maximum atomic E-state index is 13.1. The number of carbonyl (C=O) groups excluding carboxylic acids is 2. The largest absolute Gasteiger partial charge is 0.481 e. The van der Waals surface area contributed by atoms with E-state index in [-0.39, 0.29) is 24.9 Å². The predicted octanol–water partition coefficient (Wildman–Crippen LogP) is 4.95. The molecule has 2 aromatic carbocycles. The standard InChI is InChI=1S/C28H36N2O5/c1-17(2)14-23(26(33)30-24(15-25(31)32)28(3,4)5)29-27(34)35-16-22-20-12-8-6-10-18(20)19-11-7-9-13-21(19)22/h6-13,17,22-24H,14-16H2,1-5H3,(H,29,34)(H,30,33)(H,31,32). The Balaban J connectivity index is 1.68. The number of amides is 2. The normalized spacial score (nSPS) is 14.6. The maximum Gasteiger partial charge on any atom is 0.407 e. The number of rotatable bonds is 9. The van der Waals surface area contributed by atoms with E-state index in [2.05, 4.69) is 22.8 Å². The van der Waals surface area contributed by atoms with Crippen molar-refractivity contribution in [1.82, 2.24) is 10.6 Å². The average molecular weight is 481 g/mol. The lowest BCUT2D eigenvalue weighted by Crippen LogP contribution is -2.53. The molecule has 0 bridgehead atoms. The minimum absolute atomic E-state index is 0.0774. The van der Waals surface area contributed by atoms with Gasteiger partial charge in [-0.05, 0) is 40.0 Å². The molecule has 3 N–H and O–H groups in total. The molecule has 0 aromatic heterocycles. The topological polar surface area (TPSA) is 105 Å². The highest BCUT2D eigenvalue weighted by Gasteiger charge is 2.33. The van der Waals surface area contributed by atoms with Crippen molar-refractivity contribution in [2.24, 2.45) is 11.3 Å². The first kappa shape index (κ1) is 26.3. The van der Waals surface area contributed by atoms with Crippen LogP contribution in [0, 0.1) is 11.3 Å². The molecule has 2 unspecified atom stereocenters. The van der Waals surface area contributed by atoms with Gasteiger partial charge in [-0.15, -0.1) is 0 Å². The van der Waals surface area contributed by atoms with E-state index in [0.29, 0.717) is 6.42 Å². The van der Waals surface area contributed by atoms with Crippen molar-refractivity contribution in [3.63, 3.8) is 0 Å². The number of ether oxygens (including phenoxy) is 1. The van der Waals surface area contributed by atoms with E-state index in [1.807, 2.05) is 71.0 Å². The summed E-state index contributed by atoms with van der Waals surface area (Å²) >= 11 is 0. The highest BCUT2D eigenvalue weighted by molar-refractivity contribution is 5.86. The molecule has 3 rings (SSSR count). The van der Waals surface area contributed by atoms with Crippen molar-refractivity contribution in [3.8, 4) is 11.1 Å². The van der Waals surface area contributed by atoms with Crippen molar-refractivity contribution >= 4 is 18.0 Å². The fraction of sp³-hybridized carbons (Fsp3) is 0.464. The van der Waals surface area contributed by atoms with Crippen molar-refractivity contribution in [2.45, 2.75) is 65.5 Å². The average Bonchev–Trinajstić information content (AvgIpc) is 3.09. The SMILES string of the molecule is CC(C)CC(NC(=O)OCC1c2ccccc2-c2ccccc21)C(=O)NC(CC(=O)O)C(C)(C)C. The van der Waals surface area contributed by atoms with E-state index in [4.69, 9.17) is 4.74 Å². The molecule has 2 aromatic rings. The smallest absolute Gasteiger partial charge is 0.407 e. The van der Waals surface area contributed by atoms with E-state index in [9.17, 15) is 19.5 Å². The van der Waals surface area contributed by atoms with Crippen LogP contribution in [0.4, 0.5) is 4.79 Å². The van der Waals surface area contributed by atoms with Crippen LogP contribution >= 0.6 is 0 Å². The van der Waals surface area contributed by atoms with Gasteiger partial charge in [0.05, 0.1) is 6.42 Å². The molecule has 7 heteroatoms. The number of aliphatic carboxylic acids is 1. The van der Waals surface area contributed by atoms with E-state index >= 15 is 0 Å². The summed E-state index contributed by atoms with van der Waals surface area (Å²) in [5.41, 5.74) is 4.04. The molecule has 2 atom stereocenters. The second kappa shape index (κ2) is 10.9. The minimum Gasteiger partial charge on any atom is -0.481 e. The Hall–Kier alpha value is -3.35. The maximum absolute atomic E-state index is 13.1. The number of carbonyl (C=O) groups is 3. The zero-order valence-electron chi connectivity index (χ0n) is 21.1. The van der Waals surface area contributed by atoms with Crippen molar-refractivity contribution in [2.75, 3.05) is 6.61 Å². The molecule has 1 aliphatic carbocycles. The van der Waals surface area contributed by atoms with Gasteiger partial charge in [-0.1, -0.05) is 83.1 Å². The molecular formula is C28H36N2O5. The van der Waals surface area contributed by atoms with Crippen LogP contribution in [0.1, 0.15) is 64.5 Å². The number of benzene rings is 2. The van der Waals surface area contributed by atoms with Gasteiger partial charge < -0.3 is 20.5 Å². The molecule has 1 aliphatic rings. The lowest BCUT2D eigenvalue weighted by Gasteiger charge is -2.32. The molecule has 0 heterocycles. The van der Waals surface area contributed by atoms with Gasteiger partial charge in [0.25, 0.3) is 0 Å². The Kier molecular flexibility index (Phi) is 8.20. The van der Waals surface area contributed by atoms with Gasteiger partial charge in [0, 0.05) is 12.0 Å². The number of fused-ring (bicyclic) bond motifs is 3. The van der Waals surface area contributed by atoms with Gasteiger partial charge >= 0.3 is 12.1 Å². The molecule has 0 fully saturated rings. The number of alkyl carbamates (subject to hydrolysis) is 1. The fourth-order valence-corrected chi connectivity index (χ4v) is 4.51. The summed E-state index contributed by atoms with van der Waals surface area (Å²) in [6.45, 7) is 9.68. The Morgan fingerprint density at radius 1 is 0.943 bits per heavy atom. The first-order valence-electron chi connectivity index (χ1n) is 12.1. The van der Waals surface area contributed by atoms with Gasteiger partial charge in [-0.3, -0.25) is 9.59 Å². The zero-order valence-corrected chi connectivity index (χ0v) is 21.1. The molecule has 188 valence electrons. The highest BCUT2D eigenvalue weighted by Crippen LogP contribution is 2.44. The monoisotopic (exact) mass is 480 g/mol. The van der Waals surface area contributed by atoms with Crippen LogP contribution < -0.4 is 10.6 Å². The third kappa shape index (κ3) is 6.62. The number of hydrogen-bond acceptors (Lipinski definition) is 4. The summed E-state index contributed by atoms with van der Waals surface area (Å²) in [6, 6.07) is 14.8. The van der Waals surface area contributed by atoms with Crippen LogP contribution in [-0.2, 0) is 14.3 Å². The molecule has 0 saturated heterocycles. The Labute approximate surface area is 207 Å². The molecule has 0 aliphatic heterocycles. The third-order valence-corrected chi connectivity index (χ3v) is 6.40. The molecule has 0 radical (unpaired) electrons. The Bertz CT molecular complexity index is 1030. The summed E-state index contributed by atoms with van der Waals surface area (Å²) in [4.78, 5) is 37.1. The highest BCUT2D eigenvalue weighted by atomic mass is 16.5. The molecule has 2 amide bonds. The Morgan fingerprint density at radius 2 is 1.49 bits per heavy atom. The van der Waals surface area contributed by atoms with Gasteiger partial charge in [0.15, 0.2) is 0 Å². The number of hydrogen-bond donors (Lipinski definition) is 3. The Morgan fingerprint density at radius 3 is 1.97 bits per heavy atom. The predicted molar refractivity (Wildman–Crippen MR) is 135 cm³/mol. The van der Waals surface area contributed by atoms with Gasteiger partial charge in [0.1, 0.15) is 12.6 Å². The van der Waals surface area contributed by atoms with Crippen molar-refractivity contribution < 1.29 is 24.2 Å². The number of carboxylic acid groups (broad SMARTS) is 1. The van der Waals surface area contributed by atoms with Crippen LogP contribution in [0.2, 0.25) is 0 Å². The molecular weight excluding hydrogens is 444 g/mol. The van der Waals surface area contributed by atoms with Gasteiger partial charge in [-0.25, -0.2) is 4.79 Å². The lowest BCUT2D eigenvalue weighted by atomic mass is 9.84. The summed E-state index contributed by atoms with van der Waals surface area (Å²) in [5.74, 6) is -1.35. The van der Waals surface area contributed by atoms with Gasteiger partial charge in [0.2, 0.25) is 5.91 Å². The van der Waals surface area contributed by atoms with Crippen LogP contribution in [0.3, 0.4) is 0 Å². The second-order valence-corrected chi connectivity index (χ2v) is 10.7. The number of nitrogens with one attached hydrogen (secondary N) is 2. The van der Waals surface area contributed by atoms with E-state index < -0.39 is 35.5 Å². The summed E-state index contributed by atoms with van der Waals surface area (Å²) in [5, 5.41) is 14.8. The van der Waals surface area contributed by atoms with Crippen molar-refractivity contribution in [1.29, 1.82) is 0 Å². The molecule has 0 saturated carbocycles. The summed E-state index contributed by atoms with van der Waals surface area (Å²) < 4.78 is 5.61. The van der Waals surface area contributed by atoms with Crippen LogP contribution in [0.5, 0.6) is 0 Å². The van der Waals surface area contributed by atoms with Crippen LogP contribution in [0.15, 0.2) is 48.5 Å². The quantitative estimate of drug-likeness (QED) is 0.471. The van der Waals surface area contributed by atoms with Crippen LogP contribution in [0.25, 0.3) is 11.1 Å². The van der Waals surface area contributed by atoms with Crippen molar-refractivity contribution in [3.05, 3.63) is 59.7 Å². The van der Waals surface area contributed by atoms with E-state index in [1.54, 1.807) is 0 Å². The molecule has 35 heavy (non-hydrogen) atoms. The fourth-order valence-electron chi connectivity index (χ4n) is 4.51. The first-order valence-corrected chi connectivity index (χ1v) is 12.1. The zero-order chi connectivity index (χ0) is 25.8. The van der Waals surface area contributed by atoms with E-state index in [0.717, 1.165) is 22.3 Å². The summed E-state index contributed by atoms with van der Waals surface area (Å²) in [6.07, 6.45) is -0.465. The summed E-state index contributed by atoms with van der Waals surface area (Å²) in [7, 11) is 0. The lowest BCUT2D eigenvalue weighted by molar-refractivity contribution is -0.138. The second-order valence-electron chi connectivity index (χ2n) is 10.7. The van der Waals surface area contributed by atoms with Gasteiger partial charge in [-0.2, -0.15) is 0 Å².